The lowest BCUT2D eigenvalue weighted by molar-refractivity contribution is -0.389. The molecular formula is C14H18ClN5O3. The van der Waals surface area contributed by atoms with Crippen molar-refractivity contribution >= 4 is 29.8 Å². The predicted molar refractivity (Wildman–Crippen MR) is 88.4 cm³/mol. The van der Waals surface area contributed by atoms with Crippen molar-refractivity contribution in [1.82, 2.24) is 14.9 Å². The number of nitrogens with zero attached hydrogens (tertiary/aromatic N) is 3. The normalized spacial score (nSPS) is 9.96. The van der Waals surface area contributed by atoms with Gasteiger partial charge in [0.25, 0.3) is 0 Å². The van der Waals surface area contributed by atoms with Crippen molar-refractivity contribution in [2.45, 2.75) is 19.9 Å². The molecule has 0 bridgehead atoms. The van der Waals surface area contributed by atoms with Gasteiger partial charge in [-0.05, 0) is 34.0 Å². The Hall–Kier alpha value is -2.61. The number of aryl methyl sites for hydroxylation is 1. The minimum Gasteiger partial charge on any atom is -0.399 e. The van der Waals surface area contributed by atoms with Gasteiger partial charge in [-0.2, -0.15) is 0 Å². The van der Waals surface area contributed by atoms with Crippen molar-refractivity contribution < 1.29 is 9.72 Å². The van der Waals surface area contributed by atoms with Crippen LogP contribution in [0.3, 0.4) is 0 Å². The molecule has 0 saturated heterocycles. The Morgan fingerprint density at radius 1 is 1.39 bits per heavy atom. The summed E-state index contributed by atoms with van der Waals surface area (Å²) in [5, 5.41) is 13.4. The van der Waals surface area contributed by atoms with Crippen LogP contribution in [0.1, 0.15) is 11.4 Å². The predicted octanol–water partition coefficient (Wildman–Crippen LogP) is 1.46. The lowest BCUT2D eigenvalue weighted by atomic mass is 10.1. The molecule has 1 aromatic carbocycles. The van der Waals surface area contributed by atoms with E-state index in [1.807, 2.05) is 24.3 Å². The molecule has 0 aliphatic rings. The number of hydrogen-bond acceptors (Lipinski definition) is 5. The maximum atomic E-state index is 11.8. The first kappa shape index (κ1) is 18.4. The van der Waals surface area contributed by atoms with Crippen LogP contribution in [-0.2, 0) is 17.8 Å². The molecule has 3 N–H and O–H groups in total. The fourth-order valence-electron chi connectivity index (χ4n) is 1.98. The quantitative estimate of drug-likeness (QED) is 0.469. The molecular weight excluding hydrogens is 322 g/mol. The van der Waals surface area contributed by atoms with Crippen molar-refractivity contribution in [3.05, 3.63) is 52.0 Å². The highest BCUT2D eigenvalue weighted by atomic mass is 35.5. The SMILES string of the molecule is Cc1nc([N+](=O)[O-])cn1CC(=O)NCCc1ccc(N)cc1.Cl. The molecule has 0 fully saturated rings. The summed E-state index contributed by atoms with van der Waals surface area (Å²) in [5.74, 6) is -0.0431. The number of halogens is 1. The van der Waals surface area contributed by atoms with Gasteiger partial charge < -0.3 is 21.2 Å². The Labute approximate surface area is 139 Å². The van der Waals surface area contributed by atoms with E-state index in [4.69, 9.17) is 5.73 Å². The first-order valence-corrected chi connectivity index (χ1v) is 6.75. The van der Waals surface area contributed by atoms with Gasteiger partial charge in [0.15, 0.2) is 0 Å². The van der Waals surface area contributed by atoms with Gasteiger partial charge in [0.1, 0.15) is 12.7 Å². The van der Waals surface area contributed by atoms with Crippen molar-refractivity contribution in [2.75, 3.05) is 12.3 Å². The van der Waals surface area contributed by atoms with Crippen LogP contribution in [0.2, 0.25) is 0 Å². The third kappa shape index (κ3) is 5.26. The van der Waals surface area contributed by atoms with Gasteiger partial charge >= 0.3 is 5.82 Å². The number of benzene rings is 1. The largest absolute Gasteiger partial charge is 0.399 e. The number of rotatable bonds is 6. The number of nitrogen functional groups attached to an aromatic ring is 1. The van der Waals surface area contributed by atoms with Crippen molar-refractivity contribution in [2.24, 2.45) is 0 Å². The van der Waals surface area contributed by atoms with Crippen molar-refractivity contribution in [1.29, 1.82) is 0 Å². The summed E-state index contributed by atoms with van der Waals surface area (Å²) in [6.45, 7) is 2.11. The van der Waals surface area contributed by atoms with E-state index in [1.165, 1.54) is 10.8 Å². The van der Waals surface area contributed by atoms with E-state index in [2.05, 4.69) is 10.3 Å². The molecule has 2 aromatic rings. The molecule has 23 heavy (non-hydrogen) atoms. The molecule has 9 heteroatoms. The average molecular weight is 340 g/mol. The summed E-state index contributed by atoms with van der Waals surface area (Å²) in [5.41, 5.74) is 7.37. The fourth-order valence-corrected chi connectivity index (χ4v) is 1.98. The van der Waals surface area contributed by atoms with Crippen LogP contribution in [0, 0.1) is 17.0 Å². The molecule has 0 saturated carbocycles. The number of carbonyl (C=O) groups excluding carboxylic acids is 1. The summed E-state index contributed by atoms with van der Waals surface area (Å²) >= 11 is 0. The second-order valence-corrected chi connectivity index (χ2v) is 4.87. The van der Waals surface area contributed by atoms with Gasteiger partial charge in [-0.1, -0.05) is 12.1 Å². The topological polar surface area (TPSA) is 116 Å². The van der Waals surface area contributed by atoms with Crippen LogP contribution < -0.4 is 11.1 Å². The van der Waals surface area contributed by atoms with E-state index in [0.717, 1.165) is 5.56 Å². The second-order valence-electron chi connectivity index (χ2n) is 4.87. The van der Waals surface area contributed by atoms with E-state index < -0.39 is 4.92 Å². The highest BCUT2D eigenvalue weighted by Crippen LogP contribution is 2.10. The van der Waals surface area contributed by atoms with Gasteiger partial charge in [-0.25, -0.2) is 0 Å². The molecule has 0 aliphatic carbocycles. The van der Waals surface area contributed by atoms with Crippen LogP contribution in [0.4, 0.5) is 11.5 Å². The third-order valence-electron chi connectivity index (χ3n) is 3.18. The van der Waals surface area contributed by atoms with E-state index in [0.29, 0.717) is 24.5 Å². The molecule has 1 aromatic heterocycles. The monoisotopic (exact) mass is 339 g/mol. The summed E-state index contributed by atoms with van der Waals surface area (Å²) in [6.07, 6.45) is 1.95. The third-order valence-corrected chi connectivity index (χ3v) is 3.18. The number of aromatic nitrogens is 2. The summed E-state index contributed by atoms with van der Waals surface area (Å²) in [6, 6.07) is 7.44. The summed E-state index contributed by atoms with van der Waals surface area (Å²) in [7, 11) is 0. The first-order chi connectivity index (χ1) is 10.5. The fraction of sp³-hybridized carbons (Fsp3) is 0.286. The maximum absolute atomic E-state index is 11.8. The highest BCUT2D eigenvalue weighted by Gasteiger charge is 2.16. The van der Waals surface area contributed by atoms with Crippen LogP contribution >= 0.6 is 12.4 Å². The van der Waals surface area contributed by atoms with E-state index in [9.17, 15) is 14.9 Å². The van der Waals surface area contributed by atoms with Gasteiger partial charge in [-0.15, -0.1) is 12.4 Å². The van der Waals surface area contributed by atoms with Crippen LogP contribution in [0.15, 0.2) is 30.5 Å². The Bertz CT molecular complexity index is 684. The summed E-state index contributed by atoms with van der Waals surface area (Å²) < 4.78 is 1.46. The number of amides is 1. The number of carbonyl (C=O) groups is 1. The minimum atomic E-state index is -0.581. The van der Waals surface area contributed by atoms with Crippen LogP contribution in [-0.4, -0.2) is 26.9 Å². The van der Waals surface area contributed by atoms with E-state index >= 15 is 0 Å². The number of nitro groups is 1. The Morgan fingerprint density at radius 3 is 2.61 bits per heavy atom. The number of hydrogen-bond donors (Lipinski definition) is 2. The van der Waals surface area contributed by atoms with Crippen molar-refractivity contribution in [3.63, 3.8) is 0 Å². The number of imidazole rings is 1. The molecule has 1 amide bonds. The van der Waals surface area contributed by atoms with Gasteiger partial charge in [0, 0.05) is 19.2 Å². The van der Waals surface area contributed by atoms with Gasteiger partial charge in [0.2, 0.25) is 11.7 Å². The molecule has 2 rings (SSSR count). The molecule has 124 valence electrons. The molecule has 8 nitrogen and oxygen atoms in total. The zero-order valence-corrected chi connectivity index (χ0v) is 13.4. The molecule has 0 atom stereocenters. The first-order valence-electron chi connectivity index (χ1n) is 6.75. The van der Waals surface area contributed by atoms with E-state index in [-0.39, 0.29) is 30.7 Å². The van der Waals surface area contributed by atoms with Crippen LogP contribution in [0.5, 0.6) is 0 Å². The maximum Gasteiger partial charge on any atom is 0.381 e. The molecule has 0 radical (unpaired) electrons. The lowest BCUT2D eigenvalue weighted by Gasteiger charge is -2.06. The van der Waals surface area contributed by atoms with Gasteiger partial charge in [0.05, 0.1) is 0 Å². The number of anilines is 1. The van der Waals surface area contributed by atoms with E-state index in [1.54, 1.807) is 6.92 Å². The standard InChI is InChI=1S/C14H17N5O3.ClH/c1-10-17-13(19(21)22)8-18(10)9-14(20)16-7-6-11-2-4-12(15)5-3-11;/h2-5,8H,6-7,9,15H2,1H3,(H,16,20);1H. The lowest BCUT2D eigenvalue weighted by Crippen LogP contribution is -2.29. The summed E-state index contributed by atoms with van der Waals surface area (Å²) in [4.78, 5) is 25.7. The Kier molecular flexibility index (Phi) is 6.52. The average Bonchev–Trinajstić information content (AvgIpc) is 2.83. The minimum absolute atomic E-state index is 0. The highest BCUT2D eigenvalue weighted by molar-refractivity contribution is 5.85. The Morgan fingerprint density at radius 2 is 2.04 bits per heavy atom. The Balaban J connectivity index is 0.00000264. The molecule has 0 unspecified atom stereocenters. The van der Waals surface area contributed by atoms with Gasteiger partial charge in [-0.3, -0.25) is 9.36 Å². The molecule has 1 heterocycles. The van der Waals surface area contributed by atoms with Crippen molar-refractivity contribution in [3.8, 4) is 0 Å². The smallest absolute Gasteiger partial charge is 0.381 e. The molecule has 0 aliphatic heterocycles. The molecule has 0 spiro atoms. The zero-order valence-electron chi connectivity index (χ0n) is 12.6. The number of nitrogens with one attached hydrogen (secondary N) is 1. The number of nitrogens with two attached hydrogens (primary N) is 1. The van der Waals surface area contributed by atoms with Crippen LogP contribution in [0.25, 0.3) is 0 Å². The second kappa shape index (κ2) is 8.14. The zero-order chi connectivity index (χ0) is 16.1.